The molecule has 0 aliphatic heterocycles. The third-order valence-corrected chi connectivity index (χ3v) is 6.37. The van der Waals surface area contributed by atoms with Crippen LogP contribution in [-0.2, 0) is 19.6 Å². The first kappa shape index (κ1) is 44.1. The Hall–Kier alpha value is -5.03. The highest BCUT2D eigenvalue weighted by Gasteiger charge is 1.95. The van der Waals surface area contributed by atoms with Crippen molar-refractivity contribution in [2.75, 3.05) is 26.2 Å². The molecule has 0 aliphatic rings. The third kappa shape index (κ3) is 23.9. The summed E-state index contributed by atoms with van der Waals surface area (Å²) in [6.07, 6.45) is 17.9. The van der Waals surface area contributed by atoms with Crippen molar-refractivity contribution >= 4 is 0 Å². The van der Waals surface area contributed by atoms with Crippen molar-refractivity contribution in [1.29, 1.82) is 15.8 Å². The van der Waals surface area contributed by atoms with E-state index in [-0.39, 0.29) is 1.43 Å². The molecule has 0 spiro atoms. The lowest BCUT2D eigenvalue weighted by Gasteiger charge is -2.13. The number of H-pyrrole nitrogens is 1. The summed E-state index contributed by atoms with van der Waals surface area (Å²) in [7, 11) is 0. The third-order valence-electron chi connectivity index (χ3n) is 6.37. The highest BCUT2D eigenvalue weighted by Crippen LogP contribution is 1.97. The van der Waals surface area contributed by atoms with E-state index < -0.39 is 0 Å². The number of allylic oxidation sites excluding steroid dienone is 1. The molecular formula is C34H57N13. The van der Waals surface area contributed by atoms with Gasteiger partial charge in [-0.05, 0) is 60.3 Å². The van der Waals surface area contributed by atoms with E-state index in [4.69, 9.17) is 21.5 Å². The molecule has 0 fully saturated rings. The normalized spacial score (nSPS) is 9.06. The molecule has 4 heterocycles. The van der Waals surface area contributed by atoms with Gasteiger partial charge in [-0.3, -0.25) is 0 Å². The van der Waals surface area contributed by atoms with Gasteiger partial charge in [0, 0.05) is 76.7 Å². The molecule has 3 N–H and O–H groups in total. The minimum absolute atomic E-state index is 0. The molecule has 0 saturated carbocycles. The number of aromatic amines is 1. The lowest BCUT2D eigenvalue weighted by atomic mass is 10.4. The molecule has 47 heavy (non-hydrogen) atoms. The average Bonchev–Trinajstić information content (AvgIpc) is 3.91. The summed E-state index contributed by atoms with van der Waals surface area (Å²) in [4.78, 5) is 21.3. The van der Waals surface area contributed by atoms with Crippen LogP contribution in [0.5, 0.6) is 0 Å². The van der Waals surface area contributed by atoms with Gasteiger partial charge in [-0.1, -0.05) is 27.4 Å². The fourth-order valence-electron chi connectivity index (χ4n) is 3.54. The smallest absolute Gasteiger partial charge is 0.105 e. The number of imidazole rings is 4. The van der Waals surface area contributed by atoms with Gasteiger partial charge >= 0.3 is 0 Å². The summed E-state index contributed by atoms with van der Waals surface area (Å²) in [6, 6.07) is 5.86. The van der Waals surface area contributed by atoms with Gasteiger partial charge in [0.2, 0.25) is 0 Å². The van der Waals surface area contributed by atoms with Crippen molar-refractivity contribution in [1.82, 2.24) is 43.5 Å². The number of nitrogens with one attached hydrogen (secondary N) is 1. The second kappa shape index (κ2) is 31.0. The van der Waals surface area contributed by atoms with Crippen LogP contribution in [0.1, 0.15) is 64.8 Å². The quantitative estimate of drug-likeness (QED) is 0.202. The molecular weight excluding hydrogens is 590 g/mol. The zero-order valence-electron chi connectivity index (χ0n) is 29.5. The molecule has 0 bridgehead atoms. The number of hydrogen-bond donors (Lipinski definition) is 2. The van der Waals surface area contributed by atoms with Crippen LogP contribution in [0.2, 0.25) is 0 Å². The Labute approximate surface area is 283 Å². The molecule has 258 valence electrons. The summed E-state index contributed by atoms with van der Waals surface area (Å²) in [6.45, 7) is 24.3. The molecule has 0 aliphatic carbocycles. The molecule has 0 amide bonds. The summed E-state index contributed by atoms with van der Waals surface area (Å²) in [5.41, 5.74) is 5.36. The lowest BCUT2D eigenvalue weighted by molar-refractivity contribution is 0.321. The largest absolute Gasteiger partial charge is 0.349 e. The second-order valence-electron chi connectivity index (χ2n) is 9.59. The van der Waals surface area contributed by atoms with Crippen molar-refractivity contribution < 1.29 is 1.43 Å². The molecule has 0 unspecified atom stereocenters. The number of rotatable bonds is 10. The van der Waals surface area contributed by atoms with Gasteiger partial charge in [-0.2, -0.15) is 15.8 Å². The maximum Gasteiger partial charge on any atom is 0.105 e. The first-order valence-electron chi connectivity index (χ1n) is 15.7. The van der Waals surface area contributed by atoms with Gasteiger partial charge in [0.15, 0.2) is 0 Å². The maximum atomic E-state index is 8.27. The molecule has 0 aromatic carbocycles. The van der Waals surface area contributed by atoms with Crippen LogP contribution >= 0.6 is 0 Å². The van der Waals surface area contributed by atoms with Crippen LogP contribution in [0.3, 0.4) is 0 Å². The first-order valence-corrected chi connectivity index (χ1v) is 15.7. The maximum absolute atomic E-state index is 8.27. The zero-order chi connectivity index (χ0) is 35.7. The molecule has 13 heteroatoms. The van der Waals surface area contributed by atoms with Crippen molar-refractivity contribution in [2.45, 2.75) is 87.4 Å². The van der Waals surface area contributed by atoms with Crippen molar-refractivity contribution in [3.63, 3.8) is 0 Å². The molecule has 4 rings (SSSR count). The summed E-state index contributed by atoms with van der Waals surface area (Å²) in [5, 5.41) is 24.1. The molecule has 0 saturated heterocycles. The molecule has 0 radical (unpaired) electrons. The summed E-state index contributed by atoms with van der Waals surface area (Å²) < 4.78 is 6.03. The number of aromatic nitrogens is 8. The Kier molecular flexibility index (Phi) is 29.1. The van der Waals surface area contributed by atoms with Gasteiger partial charge < -0.3 is 29.3 Å². The van der Waals surface area contributed by atoms with Crippen LogP contribution in [0.4, 0.5) is 0 Å². The first-order chi connectivity index (χ1) is 22.7. The highest BCUT2D eigenvalue weighted by atomic mass is 15.1. The van der Waals surface area contributed by atoms with Crippen LogP contribution in [0, 0.1) is 61.7 Å². The van der Waals surface area contributed by atoms with Crippen molar-refractivity contribution in [3.05, 3.63) is 85.5 Å². The molecule has 4 aromatic rings. The van der Waals surface area contributed by atoms with E-state index in [0.717, 1.165) is 55.9 Å². The predicted octanol–water partition coefficient (Wildman–Crippen LogP) is 5.76. The van der Waals surface area contributed by atoms with Crippen molar-refractivity contribution in [3.8, 4) is 18.2 Å². The van der Waals surface area contributed by atoms with E-state index in [9.17, 15) is 0 Å². The van der Waals surface area contributed by atoms with Crippen LogP contribution in [-0.4, -0.2) is 69.7 Å². The van der Waals surface area contributed by atoms with Gasteiger partial charge in [0.1, 0.15) is 23.3 Å². The standard InChI is InChI=1S/C7H13N3.2C7H9N3.C6H15N.C4H6N2.C3H3N.H2/c3*1-7-9-4-6-10(7)5-2-3-8;1-4-7(5-2)6-3;1-4-5-2-3-6-4;1-2-3-4;/h4,6H,2-3,5,8H2,1H3;2*4,6H,2,5H2,1H3;4-6H2,1-3H3;2-3H,1H3,(H,5,6);2H,1H2;1H. The van der Waals surface area contributed by atoms with E-state index in [0.29, 0.717) is 12.8 Å². The monoisotopic (exact) mass is 647 g/mol. The Morgan fingerprint density at radius 3 is 1.36 bits per heavy atom. The molecule has 0 atom stereocenters. The number of nitriles is 3. The predicted molar refractivity (Wildman–Crippen MR) is 190 cm³/mol. The summed E-state index contributed by atoms with van der Waals surface area (Å²) >= 11 is 0. The number of aryl methyl sites for hydroxylation is 7. The van der Waals surface area contributed by atoms with E-state index in [1.807, 2.05) is 61.6 Å². The minimum Gasteiger partial charge on any atom is -0.349 e. The Morgan fingerprint density at radius 1 is 0.766 bits per heavy atom. The summed E-state index contributed by atoms with van der Waals surface area (Å²) in [5.74, 6) is 3.97. The Balaban J connectivity index is -0.000000516. The topological polar surface area (TPSA) is 183 Å². The fourth-order valence-corrected chi connectivity index (χ4v) is 3.54. The van der Waals surface area contributed by atoms with Gasteiger partial charge in [-0.25, -0.2) is 19.9 Å². The minimum atomic E-state index is 0. The Bertz CT molecular complexity index is 1340. The lowest BCUT2D eigenvalue weighted by Crippen LogP contribution is -2.21. The second-order valence-corrected chi connectivity index (χ2v) is 9.59. The Morgan fingerprint density at radius 2 is 1.17 bits per heavy atom. The van der Waals surface area contributed by atoms with Crippen LogP contribution < -0.4 is 5.73 Å². The van der Waals surface area contributed by atoms with Crippen LogP contribution in [0.25, 0.3) is 0 Å². The van der Waals surface area contributed by atoms with Gasteiger partial charge in [0.05, 0.1) is 31.0 Å². The van der Waals surface area contributed by atoms with E-state index in [1.165, 1.54) is 25.7 Å². The zero-order valence-corrected chi connectivity index (χ0v) is 29.5. The molecule has 4 aromatic heterocycles. The van der Waals surface area contributed by atoms with E-state index in [2.05, 4.69) is 73.9 Å². The van der Waals surface area contributed by atoms with Crippen molar-refractivity contribution in [2.24, 2.45) is 5.73 Å². The number of nitrogens with zero attached hydrogens (tertiary/aromatic N) is 11. The number of nitrogens with two attached hydrogens (primary N) is 1. The van der Waals surface area contributed by atoms with Crippen LogP contribution in [0.15, 0.2) is 62.2 Å². The average molecular weight is 648 g/mol. The number of hydrogen-bond acceptors (Lipinski definition) is 9. The van der Waals surface area contributed by atoms with Gasteiger partial charge in [-0.15, -0.1) is 0 Å². The van der Waals surface area contributed by atoms with Gasteiger partial charge in [0.25, 0.3) is 0 Å². The SMILES string of the molecule is C=CC#N.CCN(CC)CC.Cc1ncc[nH]1.Cc1nccn1CCC#N.Cc1nccn1CCC#N.Cc1nccn1CCCN.[HH]. The fraction of sp³-hybridized carbons (Fsp3) is 0.500. The highest BCUT2D eigenvalue weighted by molar-refractivity contribution is 4.93. The van der Waals surface area contributed by atoms with E-state index in [1.54, 1.807) is 30.9 Å². The molecule has 13 nitrogen and oxygen atoms in total. The van der Waals surface area contributed by atoms with E-state index >= 15 is 0 Å².